The third-order valence-corrected chi connectivity index (χ3v) is 3.28. The lowest BCUT2D eigenvalue weighted by Crippen LogP contribution is -2.36. The molecule has 1 aromatic carbocycles. The van der Waals surface area contributed by atoms with Gasteiger partial charge in [0.05, 0.1) is 6.61 Å². The molecule has 0 aliphatic carbocycles. The van der Waals surface area contributed by atoms with Crippen molar-refractivity contribution in [3.05, 3.63) is 59.0 Å². The lowest BCUT2D eigenvalue weighted by Gasteiger charge is -2.21. The van der Waals surface area contributed by atoms with Crippen molar-refractivity contribution in [2.24, 2.45) is 0 Å². The molecule has 5 heteroatoms. The molecular weight excluding hydrogens is 280 g/mol. The Hall–Kier alpha value is -2.56. The summed E-state index contributed by atoms with van der Waals surface area (Å²) in [5, 5.41) is 0. The average molecular weight is 300 g/mol. The Morgan fingerprint density at radius 3 is 2.50 bits per heavy atom. The van der Waals surface area contributed by atoms with Crippen LogP contribution in [0.3, 0.4) is 0 Å². The molecule has 0 radical (unpaired) electrons. The lowest BCUT2D eigenvalue weighted by atomic mass is 10.3. The van der Waals surface area contributed by atoms with E-state index in [1.54, 1.807) is 23.2 Å². The number of pyridine rings is 1. The summed E-state index contributed by atoms with van der Waals surface area (Å²) in [4.78, 5) is 26.4. The number of aromatic nitrogens is 1. The van der Waals surface area contributed by atoms with Crippen LogP contribution in [0.5, 0.6) is 5.75 Å². The molecule has 22 heavy (non-hydrogen) atoms. The summed E-state index contributed by atoms with van der Waals surface area (Å²) in [6.45, 7) is 4.67. The van der Waals surface area contributed by atoms with E-state index >= 15 is 0 Å². The molecule has 1 amide bonds. The number of nitrogens with zero attached hydrogens (tertiary/aromatic N) is 2. The van der Waals surface area contributed by atoms with Gasteiger partial charge in [0.15, 0.2) is 5.75 Å². The van der Waals surface area contributed by atoms with E-state index in [1.165, 1.54) is 4.57 Å². The minimum atomic E-state index is -0.290. The van der Waals surface area contributed by atoms with Crippen molar-refractivity contribution in [1.29, 1.82) is 0 Å². The molecule has 5 nitrogen and oxygen atoms in total. The molecule has 0 bridgehead atoms. The van der Waals surface area contributed by atoms with Crippen molar-refractivity contribution >= 4 is 11.6 Å². The van der Waals surface area contributed by atoms with E-state index in [0.717, 1.165) is 5.69 Å². The Kier molecular flexibility index (Phi) is 5.36. The fourth-order valence-corrected chi connectivity index (χ4v) is 2.25. The smallest absolute Gasteiger partial charge is 0.293 e. The van der Waals surface area contributed by atoms with Crippen molar-refractivity contribution in [3.8, 4) is 5.75 Å². The van der Waals surface area contributed by atoms with E-state index in [0.29, 0.717) is 13.2 Å². The second-order valence-corrected chi connectivity index (χ2v) is 4.71. The first-order valence-corrected chi connectivity index (χ1v) is 7.35. The largest absolute Gasteiger partial charge is 0.488 e. The first-order valence-electron chi connectivity index (χ1n) is 7.35. The number of likely N-dealkylation sites (N-methyl/N-ethyl adjacent to an activating group) is 1. The molecule has 0 atom stereocenters. The molecule has 0 saturated heterocycles. The topological polar surface area (TPSA) is 51.5 Å². The average Bonchev–Trinajstić information content (AvgIpc) is 2.53. The quantitative estimate of drug-likeness (QED) is 0.822. The van der Waals surface area contributed by atoms with Gasteiger partial charge in [-0.25, -0.2) is 0 Å². The van der Waals surface area contributed by atoms with Crippen LogP contribution < -0.4 is 15.2 Å². The van der Waals surface area contributed by atoms with Crippen molar-refractivity contribution < 1.29 is 9.53 Å². The lowest BCUT2D eigenvalue weighted by molar-refractivity contribution is -0.119. The zero-order valence-corrected chi connectivity index (χ0v) is 12.9. The number of rotatable bonds is 6. The Morgan fingerprint density at radius 2 is 1.86 bits per heavy atom. The van der Waals surface area contributed by atoms with E-state index in [2.05, 4.69) is 0 Å². The monoisotopic (exact) mass is 300 g/mol. The highest BCUT2D eigenvalue weighted by Gasteiger charge is 2.15. The summed E-state index contributed by atoms with van der Waals surface area (Å²) in [5.74, 6) is 0.130. The SMILES string of the molecule is CCOc1cccn(CC(=O)N(CC)c2ccccc2)c1=O. The van der Waals surface area contributed by atoms with Gasteiger partial charge >= 0.3 is 0 Å². The number of hydrogen-bond acceptors (Lipinski definition) is 3. The van der Waals surface area contributed by atoms with E-state index in [-0.39, 0.29) is 23.8 Å². The van der Waals surface area contributed by atoms with Crippen LogP contribution in [0.2, 0.25) is 0 Å². The van der Waals surface area contributed by atoms with E-state index < -0.39 is 0 Å². The summed E-state index contributed by atoms with van der Waals surface area (Å²) in [5.41, 5.74) is 0.533. The fraction of sp³-hybridized carbons (Fsp3) is 0.294. The van der Waals surface area contributed by atoms with Gasteiger partial charge in [0.2, 0.25) is 5.91 Å². The van der Waals surface area contributed by atoms with Gasteiger partial charge in [0.25, 0.3) is 5.56 Å². The van der Waals surface area contributed by atoms with Gasteiger partial charge in [-0.15, -0.1) is 0 Å². The molecule has 2 aromatic rings. The number of anilines is 1. The third-order valence-electron chi connectivity index (χ3n) is 3.28. The number of hydrogen-bond donors (Lipinski definition) is 0. The Bertz CT molecular complexity index is 680. The number of benzene rings is 1. The van der Waals surface area contributed by atoms with Crippen LogP contribution in [0.15, 0.2) is 53.5 Å². The highest BCUT2D eigenvalue weighted by molar-refractivity contribution is 5.93. The van der Waals surface area contributed by atoms with Gasteiger partial charge in [-0.3, -0.25) is 9.59 Å². The number of carbonyl (C=O) groups excluding carboxylic acids is 1. The number of ether oxygens (including phenoxy) is 1. The highest BCUT2D eigenvalue weighted by atomic mass is 16.5. The first-order chi connectivity index (χ1) is 10.7. The molecule has 0 aliphatic rings. The van der Waals surface area contributed by atoms with Crippen LogP contribution in [-0.2, 0) is 11.3 Å². The number of carbonyl (C=O) groups is 1. The fourth-order valence-electron chi connectivity index (χ4n) is 2.25. The molecule has 1 aromatic heterocycles. The van der Waals surface area contributed by atoms with Crippen molar-refractivity contribution in [1.82, 2.24) is 4.57 Å². The molecule has 2 rings (SSSR count). The number of amides is 1. The summed E-state index contributed by atoms with van der Waals surface area (Å²) < 4.78 is 6.65. The maximum atomic E-state index is 12.5. The summed E-state index contributed by atoms with van der Waals surface area (Å²) in [6.07, 6.45) is 1.60. The molecule has 0 fully saturated rings. The Balaban J connectivity index is 2.21. The minimum Gasteiger partial charge on any atom is -0.488 e. The summed E-state index contributed by atoms with van der Waals surface area (Å²) >= 11 is 0. The second-order valence-electron chi connectivity index (χ2n) is 4.71. The zero-order chi connectivity index (χ0) is 15.9. The van der Waals surface area contributed by atoms with Gasteiger partial charge in [-0.05, 0) is 38.1 Å². The molecule has 0 spiro atoms. The van der Waals surface area contributed by atoms with Crippen LogP contribution in [-0.4, -0.2) is 23.6 Å². The predicted molar refractivity (Wildman–Crippen MR) is 86.3 cm³/mol. The van der Waals surface area contributed by atoms with Crippen molar-refractivity contribution in [3.63, 3.8) is 0 Å². The van der Waals surface area contributed by atoms with E-state index in [1.807, 2.05) is 44.2 Å². The molecular formula is C17H20N2O3. The van der Waals surface area contributed by atoms with Crippen LogP contribution in [0, 0.1) is 0 Å². The maximum absolute atomic E-state index is 12.5. The van der Waals surface area contributed by atoms with Crippen LogP contribution in [0.4, 0.5) is 5.69 Å². The van der Waals surface area contributed by atoms with Gasteiger partial charge in [0, 0.05) is 18.4 Å². The molecule has 1 heterocycles. The molecule has 0 aliphatic heterocycles. The molecule has 0 saturated carbocycles. The zero-order valence-electron chi connectivity index (χ0n) is 12.9. The highest BCUT2D eigenvalue weighted by Crippen LogP contribution is 2.13. The maximum Gasteiger partial charge on any atom is 0.293 e. The summed E-state index contributed by atoms with van der Waals surface area (Å²) in [6, 6.07) is 12.7. The van der Waals surface area contributed by atoms with Gasteiger partial charge in [-0.2, -0.15) is 0 Å². The Morgan fingerprint density at radius 1 is 1.14 bits per heavy atom. The normalized spacial score (nSPS) is 10.3. The third kappa shape index (κ3) is 3.55. The minimum absolute atomic E-state index is 0.0114. The van der Waals surface area contributed by atoms with Gasteiger partial charge in [-0.1, -0.05) is 18.2 Å². The molecule has 0 N–H and O–H groups in total. The predicted octanol–water partition coefficient (Wildman–Crippen LogP) is 2.30. The van der Waals surface area contributed by atoms with E-state index in [4.69, 9.17) is 4.74 Å². The standard InChI is InChI=1S/C17H20N2O3/c1-3-19(14-9-6-5-7-10-14)16(20)13-18-12-8-11-15(17(18)21)22-4-2/h5-12H,3-4,13H2,1-2H3. The van der Waals surface area contributed by atoms with Crippen LogP contribution >= 0.6 is 0 Å². The molecule has 0 unspecified atom stereocenters. The van der Waals surface area contributed by atoms with Crippen molar-refractivity contribution in [2.45, 2.75) is 20.4 Å². The first kappa shape index (κ1) is 15.8. The second kappa shape index (κ2) is 7.45. The number of para-hydroxylation sites is 1. The van der Waals surface area contributed by atoms with Crippen LogP contribution in [0.25, 0.3) is 0 Å². The van der Waals surface area contributed by atoms with Gasteiger partial charge in [0.1, 0.15) is 6.54 Å². The van der Waals surface area contributed by atoms with Gasteiger partial charge < -0.3 is 14.2 Å². The van der Waals surface area contributed by atoms with Crippen molar-refractivity contribution in [2.75, 3.05) is 18.1 Å². The van der Waals surface area contributed by atoms with E-state index in [9.17, 15) is 9.59 Å². The van der Waals surface area contributed by atoms with Crippen LogP contribution in [0.1, 0.15) is 13.8 Å². The summed E-state index contributed by atoms with van der Waals surface area (Å²) in [7, 11) is 0. The Labute approximate surface area is 129 Å². The molecule has 116 valence electrons.